The summed E-state index contributed by atoms with van der Waals surface area (Å²) in [5, 5.41) is 4.37. The van der Waals surface area contributed by atoms with Crippen molar-refractivity contribution in [1.82, 2.24) is 9.78 Å². The predicted molar refractivity (Wildman–Crippen MR) is 82.2 cm³/mol. The van der Waals surface area contributed by atoms with E-state index in [1.165, 1.54) is 6.07 Å². The smallest absolute Gasteiger partial charge is 0.248 e. The maximum Gasteiger partial charge on any atom is 0.248 e. The summed E-state index contributed by atoms with van der Waals surface area (Å²) in [5.74, 6) is -2.34. The molecule has 3 aromatic rings. The molecule has 1 heterocycles. The quantitative estimate of drug-likeness (QED) is 0.807. The number of aryl methyl sites for hydroxylation is 1. The fourth-order valence-electron chi connectivity index (χ4n) is 2.32. The minimum atomic E-state index is -0.919. The molecule has 0 aliphatic carbocycles. The molecule has 0 radical (unpaired) electrons. The van der Waals surface area contributed by atoms with E-state index in [-0.39, 0.29) is 0 Å². The lowest BCUT2D eigenvalue weighted by molar-refractivity contribution is 0.100. The molecule has 1 amide bonds. The van der Waals surface area contributed by atoms with Gasteiger partial charge in [0.2, 0.25) is 5.91 Å². The molecule has 0 bridgehead atoms. The van der Waals surface area contributed by atoms with Gasteiger partial charge in [-0.2, -0.15) is 5.10 Å². The van der Waals surface area contributed by atoms with Gasteiger partial charge >= 0.3 is 0 Å². The minimum absolute atomic E-state index is 0.381. The minimum Gasteiger partial charge on any atom is -0.366 e. The Kier molecular flexibility index (Phi) is 3.65. The second-order valence-corrected chi connectivity index (χ2v) is 5.12. The SMILES string of the molecule is Cc1cc(-c2ccc(F)c(F)c2)n(-c2ccc(C(N)=O)cc2)n1. The molecule has 1 aromatic heterocycles. The van der Waals surface area contributed by atoms with Crippen LogP contribution in [0.1, 0.15) is 16.1 Å². The summed E-state index contributed by atoms with van der Waals surface area (Å²) in [4.78, 5) is 11.1. The highest BCUT2D eigenvalue weighted by atomic mass is 19.2. The van der Waals surface area contributed by atoms with E-state index < -0.39 is 17.5 Å². The summed E-state index contributed by atoms with van der Waals surface area (Å²) >= 11 is 0. The van der Waals surface area contributed by atoms with Crippen LogP contribution in [0.4, 0.5) is 8.78 Å². The predicted octanol–water partition coefficient (Wildman–Crippen LogP) is 3.22. The normalized spacial score (nSPS) is 10.7. The Morgan fingerprint density at radius 2 is 1.74 bits per heavy atom. The topological polar surface area (TPSA) is 60.9 Å². The Bertz CT molecular complexity index is 885. The molecule has 0 aliphatic heterocycles. The largest absolute Gasteiger partial charge is 0.366 e. The number of hydrogen-bond acceptors (Lipinski definition) is 2. The van der Waals surface area contributed by atoms with Gasteiger partial charge in [0.05, 0.1) is 17.1 Å². The van der Waals surface area contributed by atoms with Crippen LogP contribution in [0.15, 0.2) is 48.5 Å². The zero-order valence-corrected chi connectivity index (χ0v) is 12.3. The Labute approximate surface area is 131 Å². The van der Waals surface area contributed by atoms with E-state index in [2.05, 4.69) is 5.10 Å². The first kappa shape index (κ1) is 14.9. The number of aromatic nitrogens is 2. The molecule has 3 rings (SSSR count). The summed E-state index contributed by atoms with van der Waals surface area (Å²) in [6.45, 7) is 1.80. The van der Waals surface area contributed by atoms with Crippen LogP contribution >= 0.6 is 0 Å². The van der Waals surface area contributed by atoms with Crippen LogP contribution in [0, 0.1) is 18.6 Å². The van der Waals surface area contributed by atoms with E-state index in [1.54, 1.807) is 41.9 Å². The van der Waals surface area contributed by atoms with Crippen LogP contribution in [-0.4, -0.2) is 15.7 Å². The van der Waals surface area contributed by atoms with Crippen molar-refractivity contribution in [3.63, 3.8) is 0 Å². The number of rotatable bonds is 3. The van der Waals surface area contributed by atoms with Crippen LogP contribution in [-0.2, 0) is 0 Å². The molecule has 23 heavy (non-hydrogen) atoms. The second kappa shape index (κ2) is 5.64. The van der Waals surface area contributed by atoms with Crippen LogP contribution in [0.3, 0.4) is 0 Å². The highest BCUT2D eigenvalue weighted by Crippen LogP contribution is 2.25. The molecule has 0 saturated heterocycles. The third-order valence-corrected chi connectivity index (χ3v) is 3.44. The third-order valence-electron chi connectivity index (χ3n) is 3.44. The molecule has 6 heteroatoms. The van der Waals surface area contributed by atoms with Gasteiger partial charge in [-0.3, -0.25) is 4.79 Å². The number of amides is 1. The van der Waals surface area contributed by atoms with E-state index in [0.717, 1.165) is 17.8 Å². The van der Waals surface area contributed by atoms with Crippen LogP contribution in [0.5, 0.6) is 0 Å². The van der Waals surface area contributed by atoms with Crippen molar-refractivity contribution in [3.05, 3.63) is 71.4 Å². The molecule has 4 nitrogen and oxygen atoms in total. The number of carbonyl (C=O) groups excluding carboxylic acids is 1. The molecular weight excluding hydrogens is 300 g/mol. The lowest BCUT2D eigenvalue weighted by atomic mass is 10.1. The standard InChI is InChI=1S/C17H13F2N3O/c1-10-8-16(12-4-7-14(18)15(19)9-12)22(21-10)13-5-2-11(3-6-13)17(20)23/h2-9H,1H3,(H2,20,23). The molecule has 2 aromatic carbocycles. The molecule has 0 fully saturated rings. The lowest BCUT2D eigenvalue weighted by Crippen LogP contribution is -2.10. The molecule has 0 saturated carbocycles. The maximum absolute atomic E-state index is 13.5. The first-order valence-corrected chi connectivity index (χ1v) is 6.88. The van der Waals surface area contributed by atoms with Gasteiger partial charge in [0.1, 0.15) is 0 Å². The van der Waals surface area contributed by atoms with Crippen LogP contribution in [0.25, 0.3) is 16.9 Å². The number of hydrogen-bond donors (Lipinski definition) is 1. The van der Waals surface area contributed by atoms with E-state index in [9.17, 15) is 13.6 Å². The van der Waals surface area contributed by atoms with Crippen molar-refractivity contribution in [3.8, 4) is 16.9 Å². The van der Waals surface area contributed by atoms with Gasteiger partial charge in [-0.1, -0.05) is 0 Å². The fraction of sp³-hybridized carbons (Fsp3) is 0.0588. The van der Waals surface area contributed by atoms with Crippen LogP contribution < -0.4 is 5.73 Å². The summed E-state index contributed by atoms with van der Waals surface area (Å²) in [6.07, 6.45) is 0. The average Bonchev–Trinajstić information content (AvgIpc) is 2.92. The van der Waals surface area contributed by atoms with Gasteiger partial charge in [0, 0.05) is 11.1 Å². The zero-order chi connectivity index (χ0) is 16.6. The van der Waals surface area contributed by atoms with Crippen molar-refractivity contribution < 1.29 is 13.6 Å². The summed E-state index contributed by atoms with van der Waals surface area (Å²) in [5.41, 5.74) is 8.13. The van der Waals surface area contributed by atoms with E-state index in [1.807, 2.05) is 0 Å². The maximum atomic E-state index is 13.5. The van der Waals surface area contributed by atoms with E-state index in [0.29, 0.717) is 22.5 Å². The monoisotopic (exact) mass is 313 g/mol. The number of carbonyl (C=O) groups is 1. The zero-order valence-electron chi connectivity index (χ0n) is 12.3. The van der Waals surface area contributed by atoms with Crippen molar-refractivity contribution in [1.29, 1.82) is 0 Å². The van der Waals surface area contributed by atoms with Gasteiger partial charge in [-0.15, -0.1) is 0 Å². The first-order chi connectivity index (χ1) is 11.0. The van der Waals surface area contributed by atoms with Crippen molar-refractivity contribution in [2.45, 2.75) is 6.92 Å². The second-order valence-electron chi connectivity index (χ2n) is 5.12. The molecule has 0 aliphatic rings. The highest BCUT2D eigenvalue weighted by Gasteiger charge is 2.12. The van der Waals surface area contributed by atoms with Crippen molar-refractivity contribution in [2.75, 3.05) is 0 Å². The first-order valence-electron chi connectivity index (χ1n) is 6.88. The molecule has 0 unspecified atom stereocenters. The molecule has 0 spiro atoms. The van der Waals surface area contributed by atoms with Gasteiger partial charge in [-0.05, 0) is 55.5 Å². The third kappa shape index (κ3) is 2.83. The Morgan fingerprint density at radius 1 is 1.04 bits per heavy atom. The number of nitrogens with zero attached hydrogens (tertiary/aromatic N) is 2. The summed E-state index contributed by atoms with van der Waals surface area (Å²) in [7, 11) is 0. The lowest BCUT2D eigenvalue weighted by Gasteiger charge is -2.08. The number of primary amides is 1. The Hall–Kier alpha value is -3.02. The summed E-state index contributed by atoms with van der Waals surface area (Å²) in [6, 6.07) is 12.0. The molecule has 116 valence electrons. The molecule has 2 N–H and O–H groups in total. The van der Waals surface area contributed by atoms with Crippen LogP contribution in [0.2, 0.25) is 0 Å². The Morgan fingerprint density at radius 3 is 2.35 bits per heavy atom. The summed E-state index contributed by atoms with van der Waals surface area (Å²) < 4.78 is 28.2. The van der Waals surface area contributed by atoms with Gasteiger partial charge in [0.15, 0.2) is 11.6 Å². The Balaban J connectivity index is 2.10. The highest BCUT2D eigenvalue weighted by molar-refractivity contribution is 5.92. The van der Waals surface area contributed by atoms with Crippen molar-refractivity contribution >= 4 is 5.91 Å². The molecular formula is C17H13F2N3O. The molecule has 0 atom stereocenters. The number of benzene rings is 2. The van der Waals surface area contributed by atoms with Gasteiger partial charge < -0.3 is 5.73 Å². The van der Waals surface area contributed by atoms with E-state index in [4.69, 9.17) is 5.73 Å². The van der Waals surface area contributed by atoms with Gasteiger partial charge in [0.25, 0.3) is 0 Å². The van der Waals surface area contributed by atoms with Crippen molar-refractivity contribution in [2.24, 2.45) is 5.73 Å². The van der Waals surface area contributed by atoms with E-state index >= 15 is 0 Å². The fourth-order valence-corrected chi connectivity index (χ4v) is 2.32. The number of nitrogens with two attached hydrogens (primary N) is 1. The van der Waals surface area contributed by atoms with Gasteiger partial charge in [-0.25, -0.2) is 13.5 Å². The average molecular weight is 313 g/mol. The number of halogens is 2.